The average molecular weight is 279 g/mol. The number of rotatable bonds is 10. The van der Waals surface area contributed by atoms with Crippen LogP contribution < -0.4 is 0 Å². The maximum atomic E-state index is 8.70. The molecule has 0 fully saturated rings. The van der Waals surface area contributed by atoms with E-state index in [1.54, 1.807) is 0 Å². The summed E-state index contributed by atoms with van der Waals surface area (Å²) in [5, 5.41) is 0. The van der Waals surface area contributed by atoms with Gasteiger partial charge in [0, 0.05) is 4.57 Å². The Morgan fingerprint density at radius 1 is 0.833 bits per heavy atom. The lowest BCUT2D eigenvalue weighted by Gasteiger charge is -2.11. The fraction of sp³-hybridized carbons (Fsp3) is 1.00. The van der Waals surface area contributed by atoms with Crippen molar-refractivity contribution < 1.29 is 14.4 Å². The fourth-order valence-corrected chi connectivity index (χ4v) is 2.09. The minimum atomic E-state index is -2.87. The van der Waals surface area contributed by atoms with E-state index < -0.39 is 8.25 Å². The van der Waals surface area contributed by atoms with E-state index in [1.807, 2.05) is 0 Å². The van der Waals surface area contributed by atoms with Gasteiger partial charge in [0.25, 0.3) is 0 Å². The highest BCUT2D eigenvalue weighted by Gasteiger charge is 2.01. The van der Waals surface area contributed by atoms with Gasteiger partial charge in [0.2, 0.25) is 0 Å². The molecule has 0 saturated carbocycles. The topological polar surface area (TPSA) is 57.5 Å². The summed E-state index contributed by atoms with van der Waals surface area (Å²) in [4.78, 5) is 14.2. The van der Waals surface area contributed by atoms with Crippen LogP contribution in [0.2, 0.25) is 0 Å². The molecule has 0 aliphatic carbocycles. The average Bonchev–Trinajstić information content (AvgIpc) is 2.32. The first-order valence-electron chi connectivity index (χ1n) is 7.43. The normalized spacial score (nSPS) is 10.1. The second kappa shape index (κ2) is 17.0. The third kappa shape index (κ3) is 21.3. The summed E-state index contributed by atoms with van der Waals surface area (Å²) >= 11 is 0. The molecular formula is C14H32O3P+. The van der Waals surface area contributed by atoms with Crippen LogP contribution in [0.25, 0.3) is 0 Å². The summed E-state index contributed by atoms with van der Waals surface area (Å²) in [6.07, 6.45) is 14.4. The van der Waals surface area contributed by atoms with E-state index in [9.17, 15) is 0 Å². The third-order valence-electron chi connectivity index (χ3n) is 3.37. The minimum absolute atomic E-state index is 1.01. The van der Waals surface area contributed by atoms with Crippen molar-refractivity contribution in [1.29, 1.82) is 0 Å². The Hall–Kier alpha value is 0.0200. The number of unbranched alkanes of at least 4 members (excludes halogenated alkanes) is 6. The van der Waals surface area contributed by atoms with E-state index in [4.69, 9.17) is 14.4 Å². The zero-order valence-corrected chi connectivity index (χ0v) is 13.3. The first-order chi connectivity index (χ1) is 8.58. The zero-order valence-electron chi connectivity index (χ0n) is 12.4. The van der Waals surface area contributed by atoms with Crippen LogP contribution in [0.15, 0.2) is 0 Å². The molecule has 0 amide bonds. The third-order valence-corrected chi connectivity index (χ3v) is 3.37. The van der Waals surface area contributed by atoms with Gasteiger partial charge in [-0.1, -0.05) is 85.0 Å². The summed E-state index contributed by atoms with van der Waals surface area (Å²) in [7, 11) is -2.87. The summed E-state index contributed by atoms with van der Waals surface area (Å²) in [5.74, 6) is 1.01. The van der Waals surface area contributed by atoms with Crippen molar-refractivity contribution in [3.63, 3.8) is 0 Å². The van der Waals surface area contributed by atoms with Crippen LogP contribution in [-0.4, -0.2) is 9.79 Å². The van der Waals surface area contributed by atoms with Crippen molar-refractivity contribution in [3.05, 3.63) is 0 Å². The molecule has 0 saturated heterocycles. The molecule has 3 nitrogen and oxygen atoms in total. The molecule has 18 heavy (non-hydrogen) atoms. The van der Waals surface area contributed by atoms with Crippen LogP contribution in [0.4, 0.5) is 0 Å². The Morgan fingerprint density at radius 3 is 1.61 bits per heavy atom. The van der Waals surface area contributed by atoms with Gasteiger partial charge in [-0.15, -0.1) is 9.79 Å². The lowest BCUT2D eigenvalue weighted by molar-refractivity contribution is 0.405. The molecule has 0 aromatic heterocycles. The highest BCUT2D eigenvalue weighted by molar-refractivity contribution is 7.30. The summed E-state index contributed by atoms with van der Waals surface area (Å²) in [6.45, 7) is 6.94. The van der Waals surface area contributed by atoms with E-state index >= 15 is 0 Å². The van der Waals surface area contributed by atoms with Crippen molar-refractivity contribution in [3.8, 4) is 0 Å². The second-order valence-electron chi connectivity index (χ2n) is 4.85. The molecule has 110 valence electrons. The van der Waals surface area contributed by atoms with E-state index in [0.29, 0.717) is 0 Å². The Labute approximate surface area is 114 Å². The standard InChI is InChI=1S/C14H30.HO3P/c1-4-7-8-9-10-11-12-13-14(5-2)6-3;1-4(2)3/h14H,4-13H2,1-3H3;(H-,1,2,3)/p+1. The molecule has 0 heterocycles. The van der Waals surface area contributed by atoms with E-state index in [0.717, 1.165) is 5.92 Å². The van der Waals surface area contributed by atoms with Gasteiger partial charge in [-0.3, -0.25) is 0 Å². The van der Waals surface area contributed by atoms with Crippen LogP contribution in [0.3, 0.4) is 0 Å². The molecule has 0 atom stereocenters. The monoisotopic (exact) mass is 279 g/mol. The minimum Gasteiger partial charge on any atom is -0.134 e. The van der Waals surface area contributed by atoms with Crippen LogP contribution in [-0.2, 0) is 4.57 Å². The number of hydrogen-bond donors (Lipinski definition) is 2. The van der Waals surface area contributed by atoms with E-state index in [-0.39, 0.29) is 0 Å². The molecular weight excluding hydrogens is 247 g/mol. The van der Waals surface area contributed by atoms with Crippen LogP contribution >= 0.6 is 8.25 Å². The van der Waals surface area contributed by atoms with Gasteiger partial charge in [0.05, 0.1) is 0 Å². The largest absolute Gasteiger partial charge is 0.692 e. The Balaban J connectivity index is 0. The van der Waals surface area contributed by atoms with Crippen LogP contribution in [0.1, 0.15) is 85.0 Å². The Bertz CT molecular complexity index is 166. The summed E-state index contributed by atoms with van der Waals surface area (Å²) < 4.78 is 8.70. The predicted molar refractivity (Wildman–Crippen MR) is 78.7 cm³/mol. The molecule has 0 spiro atoms. The lowest BCUT2D eigenvalue weighted by atomic mass is 9.96. The molecule has 0 unspecified atom stereocenters. The summed E-state index contributed by atoms with van der Waals surface area (Å²) in [5.41, 5.74) is 0. The molecule has 0 bridgehead atoms. The maximum Gasteiger partial charge on any atom is 0.692 e. The molecule has 0 aromatic carbocycles. The SMILES string of the molecule is CCCCCCCCCC(CC)CC.O=[P+](O)O. The first kappa shape index (κ1) is 20.3. The van der Waals surface area contributed by atoms with Gasteiger partial charge in [-0.2, -0.15) is 0 Å². The van der Waals surface area contributed by atoms with Crippen molar-refractivity contribution in [2.45, 2.75) is 85.0 Å². The maximum absolute atomic E-state index is 8.70. The second-order valence-corrected chi connectivity index (χ2v) is 5.35. The van der Waals surface area contributed by atoms with Crippen LogP contribution in [0.5, 0.6) is 0 Å². The van der Waals surface area contributed by atoms with Gasteiger partial charge < -0.3 is 0 Å². The predicted octanol–water partition coefficient (Wildman–Crippen LogP) is 5.19. The quantitative estimate of drug-likeness (QED) is 0.427. The van der Waals surface area contributed by atoms with E-state index in [1.165, 1.54) is 64.2 Å². The van der Waals surface area contributed by atoms with Crippen LogP contribution in [0, 0.1) is 5.92 Å². The Morgan fingerprint density at radius 2 is 1.22 bits per heavy atom. The molecule has 0 aliphatic heterocycles. The first-order valence-corrected chi connectivity index (χ1v) is 8.59. The van der Waals surface area contributed by atoms with Gasteiger partial charge in [0.15, 0.2) is 0 Å². The van der Waals surface area contributed by atoms with E-state index in [2.05, 4.69) is 20.8 Å². The van der Waals surface area contributed by atoms with Crippen molar-refractivity contribution in [2.24, 2.45) is 5.92 Å². The van der Waals surface area contributed by atoms with Crippen molar-refractivity contribution >= 4 is 8.25 Å². The van der Waals surface area contributed by atoms with Crippen molar-refractivity contribution in [1.82, 2.24) is 0 Å². The van der Waals surface area contributed by atoms with Crippen molar-refractivity contribution in [2.75, 3.05) is 0 Å². The smallest absolute Gasteiger partial charge is 0.134 e. The molecule has 0 radical (unpaired) electrons. The molecule has 0 aromatic rings. The van der Waals surface area contributed by atoms with Gasteiger partial charge in [-0.05, 0) is 5.92 Å². The summed E-state index contributed by atoms with van der Waals surface area (Å²) in [6, 6.07) is 0. The molecule has 2 N–H and O–H groups in total. The van der Waals surface area contributed by atoms with Gasteiger partial charge in [0.1, 0.15) is 0 Å². The molecule has 4 heteroatoms. The zero-order chi connectivity index (χ0) is 14.2. The highest BCUT2D eigenvalue weighted by Crippen LogP contribution is 2.17. The fourth-order valence-electron chi connectivity index (χ4n) is 2.09. The highest BCUT2D eigenvalue weighted by atomic mass is 31.1. The number of hydrogen-bond acceptors (Lipinski definition) is 1. The lowest BCUT2D eigenvalue weighted by Crippen LogP contribution is -1.96. The van der Waals surface area contributed by atoms with Gasteiger partial charge in [-0.25, -0.2) is 0 Å². The Kier molecular flexibility index (Phi) is 19.2. The van der Waals surface area contributed by atoms with Gasteiger partial charge >= 0.3 is 8.25 Å². The molecule has 0 aliphatic rings. The molecule has 0 rings (SSSR count).